The maximum absolute atomic E-state index is 5.03. The van der Waals surface area contributed by atoms with E-state index in [9.17, 15) is 0 Å². The highest BCUT2D eigenvalue weighted by molar-refractivity contribution is 7.21. The molecule has 0 saturated carbocycles. The summed E-state index contributed by atoms with van der Waals surface area (Å²) >= 11 is 1.89. The molecule has 2 aliphatic rings. The molecule has 0 fully saturated rings. The second kappa shape index (κ2) is 16.6. The highest BCUT2D eigenvalue weighted by atomic mass is 127. The molecule has 37 heavy (non-hydrogen) atoms. The van der Waals surface area contributed by atoms with Crippen molar-refractivity contribution >= 4 is 27.2 Å². The number of hydrogen-bond acceptors (Lipinski definition) is 5. The van der Waals surface area contributed by atoms with E-state index in [1.807, 2.05) is 11.3 Å². The fraction of sp³-hybridized carbons (Fsp3) is 0.600. The fourth-order valence-corrected chi connectivity index (χ4v) is 5.62. The van der Waals surface area contributed by atoms with Crippen LogP contribution in [0.4, 0.5) is 5.69 Å². The Morgan fingerprint density at radius 2 is 1.38 bits per heavy atom. The van der Waals surface area contributed by atoms with Gasteiger partial charge in [0.05, 0.1) is 20.8 Å². The van der Waals surface area contributed by atoms with Gasteiger partial charge in [0.15, 0.2) is 0 Å². The second-order valence-corrected chi connectivity index (χ2v) is 11.6. The molecule has 0 spiro atoms. The number of benzene rings is 2. The Morgan fingerprint density at radius 3 is 1.95 bits per heavy atom. The van der Waals surface area contributed by atoms with Gasteiger partial charge in [-0.1, -0.05) is 26.7 Å². The van der Waals surface area contributed by atoms with Crippen molar-refractivity contribution in [3.8, 4) is 10.6 Å². The van der Waals surface area contributed by atoms with Gasteiger partial charge in [0, 0.05) is 56.8 Å². The van der Waals surface area contributed by atoms with E-state index in [4.69, 9.17) is 4.98 Å². The van der Waals surface area contributed by atoms with E-state index in [2.05, 4.69) is 97.7 Å². The smallest absolute Gasteiger partial charge is 0.201 e. The van der Waals surface area contributed by atoms with E-state index in [0.29, 0.717) is 0 Å². The van der Waals surface area contributed by atoms with Crippen molar-refractivity contribution in [2.75, 3.05) is 72.4 Å². The zero-order valence-corrected chi connectivity index (χ0v) is 26.9. The molecule has 0 saturated heterocycles. The van der Waals surface area contributed by atoms with Crippen LogP contribution < -0.4 is 38.8 Å². The van der Waals surface area contributed by atoms with Gasteiger partial charge in [0.25, 0.3) is 0 Å². The van der Waals surface area contributed by atoms with Crippen molar-refractivity contribution in [2.45, 2.75) is 52.4 Å². The Labute approximate surface area is 246 Å². The van der Waals surface area contributed by atoms with E-state index in [-0.39, 0.29) is 24.0 Å². The van der Waals surface area contributed by atoms with Gasteiger partial charge in [0.1, 0.15) is 13.1 Å². The molecule has 0 bridgehead atoms. The second-order valence-electron chi connectivity index (χ2n) is 10.5. The summed E-state index contributed by atoms with van der Waals surface area (Å²) in [5.74, 6) is 0. The molecule has 0 N–H and O–H groups in total. The third kappa shape index (κ3) is 10.1. The minimum Gasteiger partial charge on any atom is -1.00 e. The zero-order valence-electron chi connectivity index (χ0n) is 24.0. The zero-order chi connectivity index (χ0) is 25.9. The van der Waals surface area contributed by atoms with Crippen LogP contribution in [0.25, 0.3) is 20.8 Å². The number of fused-ring (bicyclic) bond motifs is 2. The first-order valence-electron chi connectivity index (χ1n) is 13.9. The van der Waals surface area contributed by atoms with Gasteiger partial charge in [-0.05, 0) is 65.3 Å². The molecule has 7 heteroatoms. The average Bonchev–Trinajstić information content (AvgIpc) is 2.85. The summed E-state index contributed by atoms with van der Waals surface area (Å²) < 4.78 is 3.85. The van der Waals surface area contributed by atoms with E-state index in [1.54, 1.807) is 0 Å². The summed E-state index contributed by atoms with van der Waals surface area (Å²) in [4.78, 5) is 13.4. The summed E-state index contributed by atoms with van der Waals surface area (Å²) in [6, 6.07) is 13.7. The van der Waals surface area contributed by atoms with Crippen molar-refractivity contribution in [1.29, 1.82) is 0 Å². The Balaban J connectivity index is 0.00000481. The SMILES string of the molecule is CCCCN(CCCC)c1ccc2nc3ccc(=[N+](CCCN(C)C)CCCN(C)C)cc-3sc2c1.[I-]. The first-order valence-corrected chi connectivity index (χ1v) is 14.7. The number of aromatic nitrogens is 1. The van der Waals surface area contributed by atoms with E-state index in [0.717, 1.165) is 50.5 Å². The highest BCUT2D eigenvalue weighted by Gasteiger charge is 2.14. The topological polar surface area (TPSA) is 25.6 Å². The molecule has 0 aromatic heterocycles. The van der Waals surface area contributed by atoms with Crippen LogP contribution in [-0.2, 0) is 0 Å². The first-order chi connectivity index (χ1) is 17.4. The van der Waals surface area contributed by atoms with Crippen LogP contribution in [0.3, 0.4) is 0 Å². The van der Waals surface area contributed by atoms with Crippen molar-refractivity contribution in [1.82, 2.24) is 19.4 Å². The largest absolute Gasteiger partial charge is 1.00 e. The van der Waals surface area contributed by atoms with Crippen LogP contribution in [0.1, 0.15) is 52.4 Å². The first kappa shape index (κ1) is 31.9. The van der Waals surface area contributed by atoms with Crippen LogP contribution >= 0.6 is 11.3 Å². The summed E-state index contributed by atoms with van der Waals surface area (Å²) in [6.45, 7) is 11.2. The number of anilines is 1. The van der Waals surface area contributed by atoms with Crippen molar-refractivity contribution in [3.05, 3.63) is 41.8 Å². The molecular weight excluding hydrogens is 589 g/mol. The molecule has 3 rings (SSSR count). The van der Waals surface area contributed by atoms with Crippen LogP contribution in [-0.4, -0.2) is 82.2 Å². The van der Waals surface area contributed by atoms with Crippen LogP contribution in [0.5, 0.6) is 0 Å². The van der Waals surface area contributed by atoms with Crippen molar-refractivity contribution in [2.24, 2.45) is 0 Å². The number of nitrogens with zero attached hydrogens (tertiary/aromatic N) is 5. The molecule has 1 aliphatic carbocycles. The molecular formula is C30H48IN5S. The molecule has 1 aromatic rings. The fourth-order valence-electron chi connectivity index (χ4n) is 4.59. The minimum atomic E-state index is 0. The summed E-state index contributed by atoms with van der Waals surface area (Å²) in [7, 11) is 8.63. The van der Waals surface area contributed by atoms with Gasteiger partial charge in [-0.2, -0.15) is 0 Å². The summed E-state index contributed by atoms with van der Waals surface area (Å²) in [6.07, 6.45) is 7.27. The number of halogens is 1. The number of unbranched alkanes of at least 4 members (excludes halogenated alkanes) is 2. The Morgan fingerprint density at radius 1 is 0.757 bits per heavy atom. The van der Waals surface area contributed by atoms with Crippen molar-refractivity contribution in [3.63, 3.8) is 0 Å². The molecule has 0 atom stereocenters. The third-order valence-corrected chi connectivity index (χ3v) is 7.80. The molecule has 1 aromatic carbocycles. The molecule has 1 heterocycles. The van der Waals surface area contributed by atoms with Gasteiger partial charge in [-0.15, -0.1) is 11.3 Å². The minimum absolute atomic E-state index is 0. The Hall–Kier alpha value is -1.29. The molecule has 0 radical (unpaired) electrons. The Kier molecular flexibility index (Phi) is 14.3. The maximum Gasteiger partial charge on any atom is 0.201 e. The molecule has 206 valence electrons. The maximum atomic E-state index is 5.03. The molecule has 5 nitrogen and oxygen atoms in total. The number of hydrogen-bond donors (Lipinski definition) is 0. The monoisotopic (exact) mass is 637 g/mol. The predicted molar refractivity (Wildman–Crippen MR) is 160 cm³/mol. The summed E-state index contributed by atoms with van der Waals surface area (Å²) in [5, 5.41) is 1.32. The van der Waals surface area contributed by atoms with Gasteiger partial charge in [-0.3, -0.25) is 0 Å². The Bertz CT molecular complexity index is 1090. The lowest BCUT2D eigenvalue weighted by molar-refractivity contribution is -0.00000769. The lowest BCUT2D eigenvalue weighted by Gasteiger charge is -2.25. The lowest BCUT2D eigenvalue weighted by Crippen LogP contribution is -3.00. The van der Waals surface area contributed by atoms with Gasteiger partial charge in [0.2, 0.25) is 5.36 Å². The van der Waals surface area contributed by atoms with Crippen molar-refractivity contribution < 1.29 is 24.0 Å². The lowest BCUT2D eigenvalue weighted by atomic mass is 10.2. The normalized spacial score (nSPS) is 11.5. The van der Waals surface area contributed by atoms with Crippen LogP contribution in [0, 0.1) is 0 Å². The molecule has 0 unspecified atom stereocenters. The molecule has 1 aliphatic heterocycles. The third-order valence-electron chi connectivity index (χ3n) is 6.71. The van der Waals surface area contributed by atoms with E-state index in [1.165, 1.54) is 59.1 Å². The van der Waals surface area contributed by atoms with Gasteiger partial charge < -0.3 is 38.7 Å². The summed E-state index contributed by atoms with van der Waals surface area (Å²) in [5.41, 5.74) is 3.54. The quantitative estimate of drug-likeness (QED) is 0.145. The van der Waals surface area contributed by atoms with Crippen LogP contribution in [0.15, 0.2) is 36.4 Å². The highest BCUT2D eigenvalue weighted by Crippen LogP contribution is 2.32. The standard InChI is InChI=1S/C30H48N5S.HI/c1-7-9-19-34(20-10-8-2)25-13-15-27-29(23-25)36-30-24-26(14-16-28(30)31-27)35(21-11-17-32(3)4)22-12-18-33(5)6;/h13-16,23-24H,7-12,17-22H2,1-6H3;1H/q+1;/p-1. The van der Waals surface area contributed by atoms with Crippen LogP contribution in [0.2, 0.25) is 0 Å². The average molecular weight is 638 g/mol. The van der Waals surface area contributed by atoms with Gasteiger partial charge in [-0.25, -0.2) is 9.56 Å². The van der Waals surface area contributed by atoms with Gasteiger partial charge >= 0.3 is 0 Å². The van der Waals surface area contributed by atoms with E-state index < -0.39 is 0 Å². The van der Waals surface area contributed by atoms with E-state index >= 15 is 0 Å². The molecule has 0 amide bonds. The predicted octanol–water partition coefficient (Wildman–Crippen LogP) is 2.49. The number of rotatable bonds is 15.